The van der Waals surface area contributed by atoms with E-state index in [1.165, 1.54) is 23.0 Å². The van der Waals surface area contributed by atoms with Gasteiger partial charge in [0.1, 0.15) is 30.3 Å². The Kier molecular flexibility index (Phi) is 4.19. The molecular formula is C13H8ClFN4O. The van der Waals surface area contributed by atoms with E-state index in [0.29, 0.717) is 12.3 Å². The van der Waals surface area contributed by atoms with Gasteiger partial charge < -0.3 is 9.30 Å². The minimum absolute atomic E-state index is 0.0254. The summed E-state index contributed by atoms with van der Waals surface area (Å²) in [6, 6.07) is 7.86. The van der Waals surface area contributed by atoms with E-state index in [9.17, 15) is 4.39 Å². The van der Waals surface area contributed by atoms with E-state index < -0.39 is 5.82 Å². The first-order chi connectivity index (χ1) is 9.65. The molecule has 0 radical (unpaired) electrons. The van der Waals surface area contributed by atoms with Crippen LogP contribution >= 0.6 is 11.6 Å². The summed E-state index contributed by atoms with van der Waals surface area (Å²) in [5.41, 5.74) is 0.253. The summed E-state index contributed by atoms with van der Waals surface area (Å²) < 4.78 is 20.0. The Hall–Kier alpha value is -2.57. The largest absolute Gasteiger partial charge is 0.492 e. The Morgan fingerprint density at radius 1 is 1.35 bits per heavy atom. The fourth-order valence-electron chi connectivity index (χ4n) is 1.58. The van der Waals surface area contributed by atoms with Gasteiger partial charge >= 0.3 is 0 Å². The predicted molar refractivity (Wildman–Crippen MR) is 68.6 cm³/mol. The summed E-state index contributed by atoms with van der Waals surface area (Å²) in [4.78, 5) is 3.80. The van der Waals surface area contributed by atoms with Crippen molar-refractivity contribution in [2.75, 3.05) is 6.61 Å². The lowest BCUT2D eigenvalue weighted by Crippen LogP contribution is -2.09. The highest BCUT2D eigenvalue weighted by molar-refractivity contribution is 6.30. The second-order valence-corrected chi connectivity index (χ2v) is 4.19. The highest BCUT2D eigenvalue weighted by Crippen LogP contribution is 2.20. The van der Waals surface area contributed by atoms with Crippen molar-refractivity contribution in [1.82, 2.24) is 9.55 Å². The van der Waals surface area contributed by atoms with Crippen LogP contribution in [-0.4, -0.2) is 16.2 Å². The first-order valence-electron chi connectivity index (χ1n) is 5.59. The second kappa shape index (κ2) is 6.05. The van der Waals surface area contributed by atoms with Crippen LogP contribution in [0, 0.1) is 28.5 Å². The fraction of sp³-hybridized carbons (Fsp3) is 0.154. The van der Waals surface area contributed by atoms with Crippen molar-refractivity contribution in [1.29, 1.82) is 10.5 Å². The lowest BCUT2D eigenvalue weighted by atomic mass is 10.3. The lowest BCUT2D eigenvalue weighted by molar-refractivity contribution is 0.296. The van der Waals surface area contributed by atoms with Gasteiger partial charge in [-0.3, -0.25) is 0 Å². The summed E-state index contributed by atoms with van der Waals surface area (Å²) in [5, 5.41) is 17.7. The Morgan fingerprint density at radius 2 is 2.15 bits per heavy atom. The molecule has 0 saturated heterocycles. The molecule has 0 aliphatic heterocycles. The van der Waals surface area contributed by atoms with Crippen LogP contribution in [0.15, 0.2) is 24.5 Å². The third-order valence-electron chi connectivity index (χ3n) is 2.54. The summed E-state index contributed by atoms with van der Waals surface area (Å²) in [6.45, 7) is 0.527. The quantitative estimate of drug-likeness (QED) is 0.867. The molecule has 1 aromatic heterocycles. The van der Waals surface area contributed by atoms with Gasteiger partial charge in [0.15, 0.2) is 11.4 Å². The maximum Gasteiger partial charge on any atom is 0.176 e. The van der Waals surface area contributed by atoms with Crippen molar-refractivity contribution in [2.45, 2.75) is 6.54 Å². The molecule has 20 heavy (non-hydrogen) atoms. The van der Waals surface area contributed by atoms with E-state index in [4.69, 9.17) is 26.9 Å². The third kappa shape index (κ3) is 2.87. The molecule has 7 heteroatoms. The van der Waals surface area contributed by atoms with Crippen LogP contribution in [0.5, 0.6) is 5.75 Å². The topological polar surface area (TPSA) is 74.6 Å². The number of imidazole rings is 1. The molecule has 0 N–H and O–H groups in total. The number of benzene rings is 1. The molecule has 0 bridgehead atoms. The summed E-state index contributed by atoms with van der Waals surface area (Å²) in [7, 11) is 0. The molecule has 0 aliphatic carbocycles. The molecule has 0 spiro atoms. The zero-order valence-electron chi connectivity index (χ0n) is 10.2. The van der Waals surface area contributed by atoms with E-state index in [-0.39, 0.29) is 23.0 Å². The van der Waals surface area contributed by atoms with Crippen molar-refractivity contribution < 1.29 is 9.13 Å². The van der Waals surface area contributed by atoms with Crippen LogP contribution in [0.25, 0.3) is 0 Å². The molecule has 2 rings (SSSR count). The average molecular weight is 291 g/mol. The number of hydrogen-bond acceptors (Lipinski definition) is 4. The van der Waals surface area contributed by atoms with Crippen LogP contribution in [0.3, 0.4) is 0 Å². The maximum atomic E-state index is 13.2. The minimum Gasteiger partial charge on any atom is -0.492 e. The van der Waals surface area contributed by atoms with Gasteiger partial charge in [-0.15, -0.1) is 0 Å². The fourth-order valence-corrected chi connectivity index (χ4v) is 1.70. The van der Waals surface area contributed by atoms with Gasteiger partial charge in [0.05, 0.1) is 17.9 Å². The number of nitriles is 2. The zero-order chi connectivity index (χ0) is 14.5. The molecule has 5 nitrogen and oxygen atoms in total. The number of ether oxygens (including phenoxy) is 1. The summed E-state index contributed by atoms with van der Waals surface area (Å²) in [6.07, 6.45) is 1.39. The number of rotatable bonds is 4. The van der Waals surface area contributed by atoms with Crippen LogP contribution in [0.1, 0.15) is 11.4 Å². The van der Waals surface area contributed by atoms with E-state index in [0.717, 1.165) is 0 Å². The molecule has 0 amide bonds. The zero-order valence-corrected chi connectivity index (χ0v) is 10.9. The first-order valence-corrected chi connectivity index (χ1v) is 5.96. The standard InChI is InChI=1S/C13H8ClFN4O/c14-10-2-1-9(5-11(10)15)20-4-3-19-8-18-12(6-16)13(19)7-17/h1-2,5,8H,3-4H2. The van der Waals surface area contributed by atoms with Gasteiger partial charge in [-0.05, 0) is 12.1 Å². The number of aromatic nitrogens is 2. The van der Waals surface area contributed by atoms with E-state index >= 15 is 0 Å². The van der Waals surface area contributed by atoms with E-state index in [1.54, 1.807) is 6.07 Å². The highest BCUT2D eigenvalue weighted by Gasteiger charge is 2.09. The van der Waals surface area contributed by atoms with Crippen molar-refractivity contribution in [3.05, 3.63) is 46.8 Å². The van der Waals surface area contributed by atoms with Gasteiger partial charge in [-0.2, -0.15) is 10.5 Å². The average Bonchev–Trinajstić information content (AvgIpc) is 2.85. The van der Waals surface area contributed by atoms with Crippen LogP contribution in [0.4, 0.5) is 4.39 Å². The van der Waals surface area contributed by atoms with Crippen LogP contribution < -0.4 is 4.74 Å². The second-order valence-electron chi connectivity index (χ2n) is 3.78. The molecule has 0 unspecified atom stereocenters. The van der Waals surface area contributed by atoms with Gasteiger partial charge in [-0.1, -0.05) is 11.6 Å². The molecular weight excluding hydrogens is 283 g/mol. The Bertz CT molecular complexity index is 714. The summed E-state index contributed by atoms with van der Waals surface area (Å²) >= 11 is 5.56. The molecule has 1 aromatic carbocycles. The normalized spacial score (nSPS) is 9.80. The van der Waals surface area contributed by atoms with Crippen molar-refractivity contribution in [2.24, 2.45) is 0 Å². The van der Waals surface area contributed by atoms with Gasteiger partial charge in [0.25, 0.3) is 0 Å². The molecule has 0 atom stereocenters. The van der Waals surface area contributed by atoms with Crippen LogP contribution in [-0.2, 0) is 6.54 Å². The SMILES string of the molecule is N#Cc1ncn(CCOc2ccc(Cl)c(F)c2)c1C#N. The van der Waals surface area contributed by atoms with E-state index in [1.807, 2.05) is 12.1 Å². The predicted octanol–water partition coefficient (Wildman–Crippen LogP) is 2.50. The Labute approximate surface area is 119 Å². The molecule has 0 saturated carbocycles. The Balaban J connectivity index is 2.00. The van der Waals surface area contributed by atoms with Crippen LogP contribution in [0.2, 0.25) is 5.02 Å². The molecule has 2 aromatic rings. The lowest BCUT2D eigenvalue weighted by Gasteiger charge is -2.07. The molecule has 1 heterocycles. The highest BCUT2D eigenvalue weighted by atomic mass is 35.5. The summed E-state index contributed by atoms with van der Waals surface area (Å²) in [5.74, 6) is -0.220. The number of hydrogen-bond donors (Lipinski definition) is 0. The monoisotopic (exact) mass is 290 g/mol. The van der Waals surface area contributed by atoms with E-state index in [2.05, 4.69) is 4.98 Å². The number of halogens is 2. The van der Waals surface area contributed by atoms with Gasteiger partial charge in [0, 0.05) is 6.07 Å². The molecule has 100 valence electrons. The van der Waals surface area contributed by atoms with Gasteiger partial charge in [0.2, 0.25) is 0 Å². The smallest absolute Gasteiger partial charge is 0.176 e. The van der Waals surface area contributed by atoms with Gasteiger partial charge in [-0.25, -0.2) is 9.37 Å². The maximum absolute atomic E-state index is 13.2. The van der Waals surface area contributed by atoms with Crippen molar-refractivity contribution in [3.8, 4) is 17.9 Å². The number of nitrogens with zero attached hydrogens (tertiary/aromatic N) is 4. The first kappa shape index (κ1) is 13.9. The third-order valence-corrected chi connectivity index (χ3v) is 2.85. The molecule has 0 fully saturated rings. The Morgan fingerprint density at radius 3 is 2.80 bits per heavy atom. The molecule has 0 aliphatic rings. The minimum atomic E-state index is -0.559. The van der Waals surface area contributed by atoms with Crippen molar-refractivity contribution >= 4 is 11.6 Å². The van der Waals surface area contributed by atoms with Crippen molar-refractivity contribution in [3.63, 3.8) is 0 Å².